The standard InChI is InChI=1S/C15H20Cl2N2O3/c1-9(2)7-13(15(21)19(3)22-4)18-14(20)11-6-5-10(16)8-12(11)17/h5-6,8-9,13H,7H2,1-4H3,(H,18,20). The van der Waals surface area contributed by atoms with Crippen molar-refractivity contribution in [2.24, 2.45) is 5.92 Å². The number of hydrogen-bond acceptors (Lipinski definition) is 3. The maximum absolute atomic E-state index is 12.3. The Morgan fingerprint density at radius 3 is 2.45 bits per heavy atom. The second-order valence-electron chi connectivity index (χ2n) is 5.30. The van der Waals surface area contributed by atoms with Gasteiger partial charge in [0.1, 0.15) is 6.04 Å². The SMILES string of the molecule is CON(C)C(=O)C(CC(C)C)NC(=O)c1ccc(Cl)cc1Cl. The van der Waals surface area contributed by atoms with Gasteiger partial charge in [-0.2, -0.15) is 0 Å². The molecule has 0 bridgehead atoms. The topological polar surface area (TPSA) is 58.6 Å². The summed E-state index contributed by atoms with van der Waals surface area (Å²) < 4.78 is 0. The van der Waals surface area contributed by atoms with Gasteiger partial charge in [0, 0.05) is 12.1 Å². The third-order valence-electron chi connectivity index (χ3n) is 3.07. The highest BCUT2D eigenvalue weighted by Crippen LogP contribution is 2.21. The third-order valence-corrected chi connectivity index (χ3v) is 3.62. The van der Waals surface area contributed by atoms with E-state index in [1.807, 2.05) is 13.8 Å². The van der Waals surface area contributed by atoms with Gasteiger partial charge in [-0.3, -0.25) is 14.4 Å². The Labute approximate surface area is 140 Å². The molecule has 1 aromatic rings. The van der Waals surface area contributed by atoms with Crippen LogP contribution in [0, 0.1) is 5.92 Å². The number of nitrogens with one attached hydrogen (secondary N) is 1. The lowest BCUT2D eigenvalue weighted by Gasteiger charge is -2.24. The molecule has 0 spiro atoms. The predicted molar refractivity (Wildman–Crippen MR) is 87.0 cm³/mol. The van der Waals surface area contributed by atoms with Crippen LogP contribution in [0.4, 0.5) is 0 Å². The Balaban J connectivity index is 2.93. The smallest absolute Gasteiger partial charge is 0.268 e. The van der Waals surface area contributed by atoms with Crippen molar-refractivity contribution in [3.63, 3.8) is 0 Å². The zero-order valence-electron chi connectivity index (χ0n) is 13.0. The molecule has 2 amide bonds. The van der Waals surface area contributed by atoms with Crippen LogP contribution in [0.3, 0.4) is 0 Å². The highest BCUT2D eigenvalue weighted by molar-refractivity contribution is 6.36. The first kappa shape index (κ1) is 18.7. The van der Waals surface area contributed by atoms with E-state index in [2.05, 4.69) is 5.32 Å². The molecule has 0 aliphatic rings. The van der Waals surface area contributed by atoms with E-state index in [4.69, 9.17) is 28.0 Å². The molecule has 1 rings (SSSR count). The highest BCUT2D eigenvalue weighted by Gasteiger charge is 2.26. The van der Waals surface area contributed by atoms with Gasteiger partial charge in [0.15, 0.2) is 0 Å². The van der Waals surface area contributed by atoms with Gasteiger partial charge in [-0.1, -0.05) is 37.0 Å². The number of carbonyl (C=O) groups excluding carboxylic acids is 2. The Kier molecular flexibility index (Phi) is 7.13. The molecule has 0 aromatic heterocycles. The fourth-order valence-corrected chi connectivity index (χ4v) is 2.41. The number of halogens is 2. The molecule has 7 heteroatoms. The van der Waals surface area contributed by atoms with Crippen molar-refractivity contribution in [2.75, 3.05) is 14.2 Å². The molecule has 0 radical (unpaired) electrons. The summed E-state index contributed by atoms with van der Waals surface area (Å²) in [5.74, 6) is -0.528. The summed E-state index contributed by atoms with van der Waals surface area (Å²) in [6.45, 7) is 3.93. The summed E-state index contributed by atoms with van der Waals surface area (Å²) in [6, 6.07) is 3.89. The van der Waals surface area contributed by atoms with Crippen LogP contribution in [0.1, 0.15) is 30.6 Å². The zero-order valence-corrected chi connectivity index (χ0v) is 14.5. The number of likely N-dealkylation sites (N-methyl/N-ethyl adjacent to an activating group) is 1. The van der Waals surface area contributed by atoms with Gasteiger partial charge in [-0.05, 0) is 30.5 Å². The van der Waals surface area contributed by atoms with Crippen LogP contribution in [-0.2, 0) is 9.63 Å². The normalized spacial score (nSPS) is 12.1. The van der Waals surface area contributed by atoms with Crippen LogP contribution in [0.15, 0.2) is 18.2 Å². The lowest BCUT2D eigenvalue weighted by atomic mass is 10.0. The van der Waals surface area contributed by atoms with Crippen molar-refractivity contribution >= 4 is 35.0 Å². The first-order valence-corrected chi connectivity index (χ1v) is 7.59. The molecule has 0 fully saturated rings. The van der Waals surface area contributed by atoms with E-state index in [0.29, 0.717) is 11.4 Å². The summed E-state index contributed by atoms with van der Waals surface area (Å²) in [4.78, 5) is 29.5. The number of rotatable bonds is 6. The van der Waals surface area contributed by atoms with Gasteiger partial charge < -0.3 is 5.32 Å². The minimum absolute atomic E-state index is 0.222. The number of hydroxylamine groups is 2. The molecule has 22 heavy (non-hydrogen) atoms. The van der Waals surface area contributed by atoms with Crippen LogP contribution < -0.4 is 5.32 Å². The summed E-state index contributed by atoms with van der Waals surface area (Å²) in [5.41, 5.74) is 0.271. The zero-order chi connectivity index (χ0) is 16.9. The maximum Gasteiger partial charge on any atom is 0.268 e. The average Bonchev–Trinajstić information content (AvgIpc) is 2.44. The Morgan fingerprint density at radius 1 is 1.32 bits per heavy atom. The van der Waals surface area contributed by atoms with Crippen molar-refractivity contribution in [3.05, 3.63) is 33.8 Å². The average molecular weight is 347 g/mol. The molecule has 1 atom stereocenters. The first-order chi connectivity index (χ1) is 10.3. The lowest BCUT2D eigenvalue weighted by molar-refractivity contribution is -0.171. The van der Waals surface area contributed by atoms with Crippen LogP contribution in [0.5, 0.6) is 0 Å². The molecule has 5 nitrogen and oxygen atoms in total. The Hall–Kier alpha value is -1.30. The first-order valence-electron chi connectivity index (χ1n) is 6.83. The Bertz CT molecular complexity index is 550. The number of benzene rings is 1. The fourth-order valence-electron chi connectivity index (χ4n) is 1.91. The highest BCUT2D eigenvalue weighted by atomic mass is 35.5. The quantitative estimate of drug-likeness (QED) is 0.805. The monoisotopic (exact) mass is 346 g/mol. The van der Waals surface area contributed by atoms with Gasteiger partial charge in [-0.15, -0.1) is 0 Å². The molecule has 0 saturated carbocycles. The summed E-state index contributed by atoms with van der Waals surface area (Å²) in [7, 11) is 2.89. The summed E-state index contributed by atoms with van der Waals surface area (Å²) in [6.07, 6.45) is 0.490. The number of amides is 2. The second kappa shape index (κ2) is 8.36. The van der Waals surface area contributed by atoms with Crippen molar-refractivity contribution in [3.8, 4) is 0 Å². The number of carbonyl (C=O) groups is 2. The molecule has 1 aromatic carbocycles. The Morgan fingerprint density at radius 2 is 1.95 bits per heavy atom. The lowest BCUT2D eigenvalue weighted by Crippen LogP contribution is -2.47. The van der Waals surface area contributed by atoms with E-state index in [0.717, 1.165) is 5.06 Å². The minimum atomic E-state index is -0.691. The van der Waals surface area contributed by atoms with Crippen LogP contribution in [0.25, 0.3) is 0 Å². The molecule has 0 heterocycles. The van der Waals surface area contributed by atoms with Crippen molar-refractivity contribution < 1.29 is 14.4 Å². The van der Waals surface area contributed by atoms with E-state index >= 15 is 0 Å². The van der Waals surface area contributed by atoms with Gasteiger partial charge in [0.25, 0.3) is 11.8 Å². The number of nitrogens with zero attached hydrogens (tertiary/aromatic N) is 1. The van der Waals surface area contributed by atoms with Crippen LogP contribution in [0.2, 0.25) is 10.0 Å². The molecule has 0 saturated heterocycles. The van der Waals surface area contributed by atoms with Gasteiger partial charge in [-0.25, -0.2) is 5.06 Å². The molecule has 1 unspecified atom stereocenters. The number of hydrogen-bond donors (Lipinski definition) is 1. The van der Waals surface area contributed by atoms with Crippen molar-refractivity contribution in [2.45, 2.75) is 26.3 Å². The molecule has 1 N–H and O–H groups in total. The largest absolute Gasteiger partial charge is 0.340 e. The summed E-state index contributed by atoms with van der Waals surface area (Å²) >= 11 is 11.8. The molecule has 0 aliphatic heterocycles. The van der Waals surface area contributed by atoms with Crippen molar-refractivity contribution in [1.82, 2.24) is 10.4 Å². The van der Waals surface area contributed by atoms with Crippen LogP contribution >= 0.6 is 23.2 Å². The maximum atomic E-state index is 12.3. The van der Waals surface area contributed by atoms with E-state index < -0.39 is 11.9 Å². The molecule has 122 valence electrons. The van der Waals surface area contributed by atoms with E-state index in [1.54, 1.807) is 6.07 Å². The molecule has 0 aliphatic carbocycles. The van der Waals surface area contributed by atoms with Gasteiger partial charge in [0.2, 0.25) is 0 Å². The second-order valence-corrected chi connectivity index (χ2v) is 6.14. The predicted octanol–water partition coefficient (Wildman–Crippen LogP) is 3.16. The van der Waals surface area contributed by atoms with Gasteiger partial charge in [0.05, 0.1) is 17.7 Å². The third kappa shape index (κ3) is 5.16. The fraction of sp³-hybridized carbons (Fsp3) is 0.467. The van der Waals surface area contributed by atoms with Gasteiger partial charge >= 0.3 is 0 Å². The van der Waals surface area contributed by atoms with E-state index in [-0.39, 0.29) is 22.4 Å². The van der Waals surface area contributed by atoms with E-state index in [9.17, 15) is 9.59 Å². The van der Waals surface area contributed by atoms with Crippen molar-refractivity contribution in [1.29, 1.82) is 0 Å². The minimum Gasteiger partial charge on any atom is -0.340 e. The van der Waals surface area contributed by atoms with E-state index in [1.165, 1.54) is 26.3 Å². The summed E-state index contributed by atoms with van der Waals surface area (Å²) in [5, 5.41) is 4.47. The molecular formula is C15H20Cl2N2O3. The van der Waals surface area contributed by atoms with Crippen LogP contribution in [-0.4, -0.2) is 37.1 Å². The molecular weight excluding hydrogens is 327 g/mol.